The van der Waals surface area contributed by atoms with E-state index in [0.717, 1.165) is 6.42 Å². The Morgan fingerprint density at radius 1 is 1.21 bits per heavy atom. The van der Waals surface area contributed by atoms with Gasteiger partial charge in [0.25, 0.3) is 0 Å². The first-order valence-electron chi connectivity index (χ1n) is 6.31. The van der Waals surface area contributed by atoms with Crippen molar-refractivity contribution < 1.29 is 4.74 Å². The van der Waals surface area contributed by atoms with Gasteiger partial charge in [0.2, 0.25) is 0 Å². The summed E-state index contributed by atoms with van der Waals surface area (Å²) in [5, 5.41) is 8.75. The first kappa shape index (κ1) is 13.0. The largest absolute Gasteiger partial charge is 0.424 e. The molecule has 0 spiro atoms. The average molecular weight is 253 g/mol. The summed E-state index contributed by atoms with van der Waals surface area (Å²) >= 11 is 0. The van der Waals surface area contributed by atoms with E-state index < -0.39 is 0 Å². The summed E-state index contributed by atoms with van der Waals surface area (Å²) in [6.45, 7) is 2.18. The van der Waals surface area contributed by atoms with Crippen molar-refractivity contribution in [2.75, 3.05) is 0 Å². The minimum atomic E-state index is 0.195. The standard InChI is InChI=1S/C15H15N3O/c1-2-3-4-12-5-7-14(8-6-12)19-15-17-10-9-13(11-16)18-15/h5-10H,2-4H2,1H3. The molecule has 0 amide bonds. The normalized spacial score (nSPS) is 9.89. The quantitative estimate of drug-likeness (QED) is 0.818. The van der Waals surface area contributed by atoms with Gasteiger partial charge in [-0.15, -0.1) is 0 Å². The second kappa shape index (κ2) is 6.50. The van der Waals surface area contributed by atoms with Gasteiger partial charge in [-0.2, -0.15) is 10.2 Å². The first-order chi connectivity index (χ1) is 9.31. The molecule has 0 saturated heterocycles. The van der Waals surface area contributed by atoms with Crippen molar-refractivity contribution in [3.63, 3.8) is 0 Å². The van der Waals surface area contributed by atoms with Gasteiger partial charge < -0.3 is 4.74 Å². The molecule has 0 bridgehead atoms. The van der Waals surface area contributed by atoms with E-state index in [-0.39, 0.29) is 6.01 Å². The van der Waals surface area contributed by atoms with E-state index in [1.807, 2.05) is 30.3 Å². The molecular formula is C15H15N3O. The van der Waals surface area contributed by atoms with Gasteiger partial charge in [0, 0.05) is 6.20 Å². The number of benzene rings is 1. The van der Waals surface area contributed by atoms with Crippen molar-refractivity contribution in [1.82, 2.24) is 9.97 Å². The fraction of sp³-hybridized carbons (Fsp3) is 0.267. The van der Waals surface area contributed by atoms with Crippen LogP contribution in [0.2, 0.25) is 0 Å². The lowest BCUT2D eigenvalue weighted by Crippen LogP contribution is -1.93. The summed E-state index contributed by atoms with van der Waals surface area (Å²) in [5.74, 6) is 0.676. The van der Waals surface area contributed by atoms with Gasteiger partial charge in [0.15, 0.2) is 0 Å². The summed E-state index contributed by atoms with van der Waals surface area (Å²) < 4.78 is 5.51. The molecule has 2 aromatic rings. The van der Waals surface area contributed by atoms with Crippen LogP contribution in [-0.4, -0.2) is 9.97 Å². The Labute approximate surface area is 112 Å². The molecule has 1 heterocycles. The number of hydrogen-bond donors (Lipinski definition) is 0. The third kappa shape index (κ3) is 3.78. The molecule has 2 rings (SSSR count). The maximum atomic E-state index is 8.75. The highest BCUT2D eigenvalue weighted by Gasteiger charge is 2.02. The van der Waals surface area contributed by atoms with E-state index in [1.54, 1.807) is 6.07 Å². The van der Waals surface area contributed by atoms with Gasteiger partial charge in [-0.3, -0.25) is 0 Å². The fourth-order valence-electron chi connectivity index (χ4n) is 1.66. The van der Waals surface area contributed by atoms with Gasteiger partial charge in [-0.05, 0) is 36.6 Å². The van der Waals surface area contributed by atoms with Crippen molar-refractivity contribution in [3.8, 4) is 17.8 Å². The molecule has 0 N–H and O–H groups in total. The fourth-order valence-corrected chi connectivity index (χ4v) is 1.66. The summed E-state index contributed by atoms with van der Waals surface area (Å²) in [5.41, 5.74) is 1.59. The Kier molecular flexibility index (Phi) is 4.46. The predicted molar refractivity (Wildman–Crippen MR) is 71.9 cm³/mol. The molecule has 0 radical (unpaired) electrons. The zero-order chi connectivity index (χ0) is 13.5. The third-order valence-corrected chi connectivity index (χ3v) is 2.70. The average Bonchev–Trinajstić information content (AvgIpc) is 2.47. The molecule has 19 heavy (non-hydrogen) atoms. The van der Waals surface area contributed by atoms with Crippen molar-refractivity contribution in [2.24, 2.45) is 0 Å². The molecule has 4 heteroatoms. The lowest BCUT2D eigenvalue weighted by Gasteiger charge is -2.05. The first-order valence-corrected chi connectivity index (χ1v) is 6.31. The molecule has 0 aliphatic heterocycles. The minimum Gasteiger partial charge on any atom is -0.424 e. The highest BCUT2D eigenvalue weighted by atomic mass is 16.5. The van der Waals surface area contributed by atoms with Gasteiger partial charge >= 0.3 is 6.01 Å². The summed E-state index contributed by atoms with van der Waals surface area (Å²) in [6, 6.07) is 11.6. The van der Waals surface area contributed by atoms with Crippen LogP contribution in [-0.2, 0) is 6.42 Å². The van der Waals surface area contributed by atoms with Crippen LogP contribution in [0.15, 0.2) is 36.5 Å². The number of nitriles is 1. The van der Waals surface area contributed by atoms with E-state index in [0.29, 0.717) is 11.4 Å². The topological polar surface area (TPSA) is 58.8 Å². The van der Waals surface area contributed by atoms with E-state index >= 15 is 0 Å². The van der Waals surface area contributed by atoms with Gasteiger partial charge in [-0.1, -0.05) is 25.5 Å². The van der Waals surface area contributed by atoms with E-state index in [9.17, 15) is 0 Å². The molecule has 0 aliphatic carbocycles. The number of unbranched alkanes of at least 4 members (excludes halogenated alkanes) is 1. The Hall–Kier alpha value is -2.41. The molecule has 0 unspecified atom stereocenters. The van der Waals surface area contributed by atoms with Crippen molar-refractivity contribution in [2.45, 2.75) is 26.2 Å². The zero-order valence-corrected chi connectivity index (χ0v) is 10.8. The Bertz CT molecular complexity index is 573. The molecule has 1 aromatic heterocycles. The van der Waals surface area contributed by atoms with Gasteiger partial charge in [-0.25, -0.2) is 4.98 Å². The smallest absolute Gasteiger partial charge is 0.323 e. The molecule has 4 nitrogen and oxygen atoms in total. The molecule has 1 aromatic carbocycles. The maximum Gasteiger partial charge on any atom is 0.323 e. The Morgan fingerprint density at radius 2 is 2.00 bits per heavy atom. The number of aromatic nitrogens is 2. The maximum absolute atomic E-state index is 8.75. The molecule has 96 valence electrons. The number of ether oxygens (including phenoxy) is 1. The summed E-state index contributed by atoms with van der Waals surface area (Å²) in [4.78, 5) is 7.93. The molecule has 0 atom stereocenters. The second-order valence-corrected chi connectivity index (χ2v) is 4.19. The van der Waals surface area contributed by atoms with E-state index in [1.165, 1.54) is 24.6 Å². The molecular weight excluding hydrogens is 238 g/mol. The zero-order valence-electron chi connectivity index (χ0n) is 10.8. The van der Waals surface area contributed by atoms with Gasteiger partial charge in [0.05, 0.1) is 0 Å². The molecule has 0 aliphatic rings. The molecule has 0 saturated carbocycles. The third-order valence-electron chi connectivity index (χ3n) is 2.70. The van der Waals surface area contributed by atoms with Crippen molar-refractivity contribution >= 4 is 0 Å². The van der Waals surface area contributed by atoms with Crippen LogP contribution >= 0.6 is 0 Å². The summed E-state index contributed by atoms with van der Waals surface area (Å²) in [6.07, 6.45) is 4.97. The number of nitrogens with zero attached hydrogens (tertiary/aromatic N) is 3. The van der Waals surface area contributed by atoms with Crippen LogP contribution in [0.1, 0.15) is 31.0 Å². The van der Waals surface area contributed by atoms with Crippen molar-refractivity contribution in [1.29, 1.82) is 5.26 Å². The monoisotopic (exact) mass is 253 g/mol. The highest BCUT2D eigenvalue weighted by Crippen LogP contribution is 2.18. The van der Waals surface area contributed by atoms with Crippen LogP contribution in [0.25, 0.3) is 0 Å². The van der Waals surface area contributed by atoms with E-state index in [2.05, 4.69) is 16.9 Å². The minimum absolute atomic E-state index is 0.195. The van der Waals surface area contributed by atoms with Crippen LogP contribution < -0.4 is 4.74 Å². The van der Waals surface area contributed by atoms with E-state index in [4.69, 9.17) is 10.00 Å². The van der Waals surface area contributed by atoms with Crippen LogP contribution in [0, 0.1) is 11.3 Å². The van der Waals surface area contributed by atoms with Gasteiger partial charge in [0.1, 0.15) is 17.5 Å². The summed E-state index contributed by atoms with van der Waals surface area (Å²) in [7, 11) is 0. The lowest BCUT2D eigenvalue weighted by molar-refractivity contribution is 0.441. The predicted octanol–water partition coefficient (Wildman–Crippen LogP) is 3.48. The van der Waals surface area contributed by atoms with Crippen LogP contribution in [0.5, 0.6) is 11.8 Å². The molecule has 0 fully saturated rings. The SMILES string of the molecule is CCCCc1ccc(Oc2nccc(C#N)n2)cc1. The van der Waals surface area contributed by atoms with Crippen LogP contribution in [0.4, 0.5) is 0 Å². The Balaban J connectivity index is 2.04. The Morgan fingerprint density at radius 3 is 2.68 bits per heavy atom. The lowest BCUT2D eigenvalue weighted by atomic mass is 10.1. The van der Waals surface area contributed by atoms with Crippen molar-refractivity contribution in [3.05, 3.63) is 47.8 Å². The number of hydrogen-bond acceptors (Lipinski definition) is 4. The number of aryl methyl sites for hydroxylation is 1. The van der Waals surface area contributed by atoms with Crippen LogP contribution in [0.3, 0.4) is 0 Å². The highest BCUT2D eigenvalue weighted by molar-refractivity contribution is 5.30. The second-order valence-electron chi connectivity index (χ2n) is 4.19. The number of rotatable bonds is 5.